The predicted molar refractivity (Wildman–Crippen MR) is 119 cm³/mol. The van der Waals surface area contributed by atoms with E-state index < -0.39 is 18.4 Å². The van der Waals surface area contributed by atoms with Crippen LogP contribution in [0, 0.1) is 0 Å². The molecule has 0 saturated heterocycles. The molecule has 0 aromatic carbocycles. The van der Waals surface area contributed by atoms with Crippen LogP contribution in [0.3, 0.4) is 0 Å². The van der Waals surface area contributed by atoms with Crippen molar-refractivity contribution in [2.45, 2.75) is 72.6 Å². The van der Waals surface area contributed by atoms with Crippen molar-refractivity contribution in [2.24, 2.45) is 4.99 Å². The Kier molecular flexibility index (Phi) is 13.9. The summed E-state index contributed by atoms with van der Waals surface area (Å²) in [4.78, 5) is 8.85. The third kappa shape index (κ3) is 10.6. The minimum atomic E-state index is -1.93. The van der Waals surface area contributed by atoms with Crippen LogP contribution in [0.1, 0.15) is 65.0 Å². The van der Waals surface area contributed by atoms with Gasteiger partial charge < -0.3 is 0 Å². The van der Waals surface area contributed by atoms with E-state index in [-0.39, 0.29) is 0 Å². The van der Waals surface area contributed by atoms with Gasteiger partial charge in [-0.3, -0.25) is 0 Å². The molecule has 0 aliphatic carbocycles. The van der Waals surface area contributed by atoms with Crippen LogP contribution in [0.2, 0.25) is 13.3 Å². The Morgan fingerprint density at radius 1 is 1.00 bits per heavy atom. The first-order chi connectivity index (χ1) is 12.3. The molecule has 1 heterocycles. The van der Waals surface area contributed by atoms with Crippen molar-refractivity contribution < 1.29 is 0 Å². The number of rotatable bonds is 15. The molecule has 0 unspecified atom stereocenters. The molecular weight excluding hydrogens is 431 g/mol. The third-order valence-corrected chi connectivity index (χ3v) is 25.3. The first-order valence-electron chi connectivity index (χ1n) is 10.2. The summed E-state index contributed by atoms with van der Waals surface area (Å²) < 4.78 is 6.38. The van der Waals surface area contributed by atoms with Gasteiger partial charge in [0.2, 0.25) is 0 Å². The van der Waals surface area contributed by atoms with Gasteiger partial charge in [0.25, 0.3) is 0 Å². The molecule has 0 saturated carbocycles. The second kappa shape index (κ2) is 15.1. The van der Waals surface area contributed by atoms with Crippen LogP contribution in [0.25, 0.3) is 0 Å². The predicted octanol–water partition coefficient (Wildman–Crippen LogP) is 6.62. The number of nitrogens with zero attached hydrogens (tertiary/aromatic N) is 2. The number of aliphatic imine (C=N–C) groups is 1. The second-order valence-corrected chi connectivity index (χ2v) is 23.6. The van der Waals surface area contributed by atoms with E-state index in [0.717, 1.165) is 12.2 Å². The van der Waals surface area contributed by atoms with Crippen molar-refractivity contribution in [1.29, 1.82) is 0 Å². The van der Waals surface area contributed by atoms with Gasteiger partial charge in [0.05, 0.1) is 0 Å². The molecule has 0 N–H and O–H groups in total. The Labute approximate surface area is 164 Å². The number of aromatic nitrogens is 1. The molecule has 1 rings (SSSR count). The standard InChI is InChI=1S/C9H11N2S.3C4H9.Sn/c1-12-7-6-10-8-9-4-2-3-5-11-9;3*1-3-4-2;/h2-5,8H,1,6-7H2;3*1,3-4H2,2H3;. The zero-order valence-corrected chi connectivity index (χ0v) is 20.3. The zero-order valence-electron chi connectivity index (χ0n) is 16.7. The first kappa shape index (κ1) is 23.0. The van der Waals surface area contributed by atoms with Crippen LogP contribution >= 0.6 is 11.8 Å². The van der Waals surface area contributed by atoms with Gasteiger partial charge in [0, 0.05) is 0 Å². The number of hydrogen-bond acceptors (Lipinski definition) is 3. The van der Waals surface area contributed by atoms with Gasteiger partial charge in [-0.05, 0) is 0 Å². The SMILES string of the molecule is CCC[CH2][Sn]([CH2]CCC)([CH2]CCC)[CH2]SCCN=Cc1ccccn1. The van der Waals surface area contributed by atoms with Gasteiger partial charge in [-0.15, -0.1) is 0 Å². The maximum atomic E-state index is 4.56. The quantitative estimate of drug-likeness (QED) is 0.164. The summed E-state index contributed by atoms with van der Waals surface area (Å²) in [5.41, 5.74) is 0.967. The van der Waals surface area contributed by atoms with Gasteiger partial charge in [-0.2, -0.15) is 0 Å². The van der Waals surface area contributed by atoms with Crippen LogP contribution in [0.5, 0.6) is 0 Å². The average Bonchev–Trinajstić information content (AvgIpc) is 2.66. The Hall–Kier alpha value is -0.0313. The van der Waals surface area contributed by atoms with Crippen LogP contribution < -0.4 is 0 Å². The summed E-state index contributed by atoms with van der Waals surface area (Å²) >= 11 is 0.277. The molecule has 0 atom stereocenters. The van der Waals surface area contributed by atoms with Gasteiger partial charge in [-0.1, -0.05) is 0 Å². The summed E-state index contributed by atoms with van der Waals surface area (Å²) in [7, 11) is 0. The van der Waals surface area contributed by atoms with Crippen molar-refractivity contribution in [3.05, 3.63) is 30.1 Å². The van der Waals surface area contributed by atoms with Crippen molar-refractivity contribution in [3.63, 3.8) is 0 Å². The molecule has 0 radical (unpaired) electrons. The van der Waals surface area contributed by atoms with Crippen LogP contribution in [0.4, 0.5) is 0 Å². The van der Waals surface area contributed by atoms with Gasteiger partial charge in [0.1, 0.15) is 0 Å². The Bertz CT molecular complexity index is 429. The Morgan fingerprint density at radius 3 is 2.16 bits per heavy atom. The van der Waals surface area contributed by atoms with Gasteiger partial charge in [-0.25, -0.2) is 0 Å². The molecule has 2 nitrogen and oxygen atoms in total. The molecule has 4 heteroatoms. The van der Waals surface area contributed by atoms with Crippen molar-refractivity contribution >= 4 is 36.4 Å². The molecule has 25 heavy (non-hydrogen) atoms. The first-order valence-corrected chi connectivity index (χ1v) is 19.5. The van der Waals surface area contributed by atoms with Crippen molar-refractivity contribution in [3.8, 4) is 0 Å². The fraction of sp³-hybridized carbons (Fsp3) is 0.714. The van der Waals surface area contributed by atoms with Crippen molar-refractivity contribution in [1.82, 2.24) is 4.98 Å². The number of unbranched alkanes of at least 4 members (excludes halogenated alkanes) is 3. The van der Waals surface area contributed by atoms with Gasteiger partial charge >= 0.3 is 165 Å². The summed E-state index contributed by atoms with van der Waals surface area (Å²) in [6, 6.07) is 5.97. The van der Waals surface area contributed by atoms with E-state index in [4.69, 9.17) is 0 Å². The number of thioether (sulfide) groups is 1. The summed E-state index contributed by atoms with van der Waals surface area (Å²) in [5.74, 6) is 1.17. The van der Waals surface area contributed by atoms with E-state index in [2.05, 4.69) is 42.5 Å². The number of hydrogen-bond donors (Lipinski definition) is 0. The molecule has 0 aliphatic rings. The molecule has 0 spiro atoms. The van der Waals surface area contributed by atoms with Gasteiger partial charge in [0.15, 0.2) is 0 Å². The summed E-state index contributed by atoms with van der Waals surface area (Å²) in [5, 5.41) is 0. The summed E-state index contributed by atoms with van der Waals surface area (Å²) in [6.45, 7) is 8.00. The van der Waals surface area contributed by atoms with E-state index in [9.17, 15) is 0 Å². The monoisotopic (exact) mass is 470 g/mol. The van der Waals surface area contributed by atoms with E-state index in [1.165, 1.54) is 48.0 Å². The zero-order chi connectivity index (χ0) is 18.2. The van der Waals surface area contributed by atoms with E-state index in [1.54, 1.807) is 13.3 Å². The minimum absolute atomic E-state index is 0.929. The molecule has 0 bridgehead atoms. The Morgan fingerprint density at radius 2 is 1.64 bits per heavy atom. The molecule has 0 aliphatic heterocycles. The summed E-state index contributed by atoms with van der Waals surface area (Å²) in [6.07, 6.45) is 12.3. The molecule has 142 valence electrons. The number of pyridine rings is 1. The average molecular weight is 469 g/mol. The topological polar surface area (TPSA) is 25.2 Å². The maximum absolute atomic E-state index is 4.56. The third-order valence-electron chi connectivity index (χ3n) is 4.87. The van der Waals surface area contributed by atoms with Crippen LogP contribution in [0.15, 0.2) is 29.4 Å². The molecule has 0 fully saturated rings. The molecular formula is C21H38N2SSn. The molecule has 0 amide bonds. The molecule has 1 aromatic heterocycles. The van der Waals surface area contributed by atoms with Crippen LogP contribution in [-0.2, 0) is 0 Å². The van der Waals surface area contributed by atoms with Crippen LogP contribution in [-0.4, -0.2) is 45.6 Å². The van der Waals surface area contributed by atoms with E-state index in [1.807, 2.05) is 30.6 Å². The fourth-order valence-electron chi connectivity index (χ4n) is 3.26. The normalized spacial score (nSPS) is 12.1. The van der Waals surface area contributed by atoms with E-state index >= 15 is 0 Å². The van der Waals surface area contributed by atoms with Crippen molar-refractivity contribution in [2.75, 3.05) is 16.1 Å². The Balaban J connectivity index is 2.44. The molecule has 1 aromatic rings. The van der Waals surface area contributed by atoms with E-state index in [0.29, 0.717) is 0 Å². The second-order valence-electron chi connectivity index (χ2n) is 7.15. The fourth-order valence-corrected chi connectivity index (χ4v) is 24.7.